The molecule has 2 aromatic rings. The van der Waals surface area contributed by atoms with Crippen LogP contribution in [0.2, 0.25) is 0 Å². The topological polar surface area (TPSA) is 105 Å². The van der Waals surface area contributed by atoms with E-state index in [2.05, 4.69) is 20.0 Å². The predicted octanol–water partition coefficient (Wildman–Crippen LogP) is 0.976. The van der Waals surface area contributed by atoms with Crippen molar-refractivity contribution in [3.8, 4) is 11.4 Å². The second-order valence-electron chi connectivity index (χ2n) is 8.88. The Hall–Kier alpha value is -2.85. The van der Waals surface area contributed by atoms with E-state index in [1.54, 1.807) is 24.1 Å². The quantitative estimate of drug-likeness (QED) is 0.696. The molecule has 3 aliphatic rings. The fourth-order valence-corrected chi connectivity index (χ4v) is 5.02. The lowest BCUT2D eigenvalue weighted by Crippen LogP contribution is -2.63. The summed E-state index contributed by atoms with van der Waals surface area (Å²) < 4.78 is 11.4. The molecule has 10 nitrogen and oxygen atoms in total. The molecule has 32 heavy (non-hydrogen) atoms. The fraction of sp³-hybridized carbons (Fsp3) is 0.591. The van der Waals surface area contributed by atoms with Gasteiger partial charge in [0.1, 0.15) is 23.3 Å². The lowest BCUT2D eigenvalue weighted by molar-refractivity contribution is -0.161. The first-order chi connectivity index (χ1) is 15.5. The van der Waals surface area contributed by atoms with E-state index >= 15 is 0 Å². The van der Waals surface area contributed by atoms with Gasteiger partial charge in [-0.05, 0) is 39.4 Å². The van der Waals surface area contributed by atoms with Crippen molar-refractivity contribution >= 4 is 11.8 Å². The monoisotopic (exact) mass is 440 g/mol. The van der Waals surface area contributed by atoms with Gasteiger partial charge in [-0.3, -0.25) is 14.5 Å². The molecule has 5 rings (SSSR count). The van der Waals surface area contributed by atoms with Crippen molar-refractivity contribution in [1.29, 1.82) is 0 Å². The van der Waals surface area contributed by atoms with Crippen LogP contribution in [0.4, 0.5) is 0 Å². The molecule has 0 aromatic carbocycles. The molecular formula is C22H28N6O4. The largest absolute Gasteiger partial charge is 0.368 e. The molecule has 3 fully saturated rings. The summed E-state index contributed by atoms with van der Waals surface area (Å²) in [6, 6.07) is 1.66. The number of ether oxygens (including phenoxy) is 1. The second kappa shape index (κ2) is 8.59. The van der Waals surface area contributed by atoms with Gasteiger partial charge in [-0.25, -0.2) is 9.97 Å². The average molecular weight is 441 g/mol. The van der Waals surface area contributed by atoms with Crippen LogP contribution in [-0.4, -0.2) is 99.7 Å². The molecular weight excluding hydrogens is 412 g/mol. The number of morpholine rings is 2. The van der Waals surface area contributed by atoms with Crippen LogP contribution in [0.3, 0.4) is 0 Å². The summed E-state index contributed by atoms with van der Waals surface area (Å²) in [5.41, 5.74) is 1.38. The van der Waals surface area contributed by atoms with Crippen LogP contribution in [0.15, 0.2) is 23.1 Å². The molecule has 2 aromatic heterocycles. The highest BCUT2D eigenvalue weighted by atomic mass is 16.5. The van der Waals surface area contributed by atoms with Crippen molar-refractivity contribution in [2.45, 2.75) is 44.4 Å². The van der Waals surface area contributed by atoms with E-state index < -0.39 is 0 Å². The normalized spacial score (nSPS) is 26.2. The number of likely N-dealkylation sites (tertiary alicyclic amines) is 1. The first kappa shape index (κ1) is 21.0. The second-order valence-corrected chi connectivity index (χ2v) is 8.88. The van der Waals surface area contributed by atoms with Crippen LogP contribution in [0.5, 0.6) is 0 Å². The van der Waals surface area contributed by atoms with Gasteiger partial charge in [0.25, 0.3) is 5.91 Å². The van der Waals surface area contributed by atoms with Crippen LogP contribution in [0, 0.1) is 6.92 Å². The number of piperidine rings is 1. The zero-order valence-electron chi connectivity index (χ0n) is 18.4. The summed E-state index contributed by atoms with van der Waals surface area (Å²) in [6.07, 6.45) is 5.76. The Morgan fingerprint density at radius 2 is 1.84 bits per heavy atom. The zero-order valence-corrected chi connectivity index (χ0v) is 18.4. The molecule has 2 amide bonds. The van der Waals surface area contributed by atoms with Crippen LogP contribution in [-0.2, 0) is 9.53 Å². The minimum atomic E-state index is -0.202. The van der Waals surface area contributed by atoms with Gasteiger partial charge in [-0.1, -0.05) is 11.6 Å². The van der Waals surface area contributed by atoms with Gasteiger partial charge in [0.05, 0.1) is 23.9 Å². The van der Waals surface area contributed by atoms with Crippen molar-refractivity contribution < 1.29 is 18.8 Å². The number of fused-ring (bicyclic) bond motifs is 2. The van der Waals surface area contributed by atoms with E-state index in [0.29, 0.717) is 48.9 Å². The molecule has 10 heteroatoms. The number of aromatic nitrogens is 3. The Balaban J connectivity index is 1.30. The number of carbonyl (C=O) groups excluding carboxylic acids is 2. The van der Waals surface area contributed by atoms with Crippen molar-refractivity contribution in [2.24, 2.45) is 0 Å². The van der Waals surface area contributed by atoms with Crippen LogP contribution < -0.4 is 0 Å². The Kier molecular flexibility index (Phi) is 5.64. The van der Waals surface area contributed by atoms with Crippen molar-refractivity contribution in [3.63, 3.8) is 0 Å². The highest BCUT2D eigenvalue weighted by molar-refractivity contribution is 6.00. The Morgan fingerprint density at radius 1 is 1.09 bits per heavy atom. The maximum atomic E-state index is 13.5. The summed E-state index contributed by atoms with van der Waals surface area (Å²) in [5.74, 6) is 0.492. The summed E-state index contributed by atoms with van der Waals surface area (Å²) >= 11 is 0. The van der Waals surface area contributed by atoms with Crippen molar-refractivity contribution in [2.75, 3.05) is 39.8 Å². The predicted molar refractivity (Wildman–Crippen MR) is 114 cm³/mol. The standard InChI is InChI=1S/C22H28N6O4/c1-14-19(20(25-32-14)17-6-7-23-13-24-17)22(30)28-11-15-9-27(10-16(12-28)31-15)21(29)18-5-3-4-8-26(18)2/h6-7,13,15-16,18H,3-5,8-12H2,1-2H3/t15?,16?,18-/m1/s1. The third-order valence-electron chi connectivity index (χ3n) is 6.64. The number of hydrogen-bond acceptors (Lipinski definition) is 8. The molecule has 0 aliphatic carbocycles. The van der Waals surface area contributed by atoms with Gasteiger partial charge >= 0.3 is 0 Å². The van der Waals surface area contributed by atoms with Gasteiger partial charge in [-0.15, -0.1) is 0 Å². The number of aryl methyl sites for hydroxylation is 1. The molecule has 0 N–H and O–H groups in total. The molecule has 3 atom stereocenters. The number of amides is 2. The highest BCUT2D eigenvalue weighted by Gasteiger charge is 2.41. The number of likely N-dealkylation sites (N-methyl/N-ethyl adjacent to an activating group) is 1. The minimum Gasteiger partial charge on any atom is -0.368 e. The van der Waals surface area contributed by atoms with E-state index in [-0.39, 0.29) is 30.1 Å². The van der Waals surface area contributed by atoms with Gasteiger partial charge in [-0.2, -0.15) is 0 Å². The summed E-state index contributed by atoms with van der Waals surface area (Å²) in [7, 11) is 2.03. The minimum absolute atomic E-state index is 0.0459. The summed E-state index contributed by atoms with van der Waals surface area (Å²) in [6.45, 7) is 4.55. The van der Waals surface area contributed by atoms with Crippen molar-refractivity contribution in [3.05, 3.63) is 29.9 Å². The van der Waals surface area contributed by atoms with Gasteiger partial charge in [0.15, 0.2) is 0 Å². The summed E-state index contributed by atoms with van der Waals surface area (Å²) in [5, 5.41) is 4.07. The lowest BCUT2D eigenvalue weighted by Gasteiger charge is -2.47. The highest BCUT2D eigenvalue weighted by Crippen LogP contribution is 2.28. The molecule has 2 bridgehead atoms. The van der Waals surface area contributed by atoms with E-state index in [4.69, 9.17) is 9.26 Å². The number of rotatable bonds is 3. The number of carbonyl (C=O) groups is 2. The molecule has 5 heterocycles. The molecule has 0 spiro atoms. The Labute approximate surface area is 186 Å². The van der Waals surface area contributed by atoms with E-state index in [9.17, 15) is 9.59 Å². The maximum Gasteiger partial charge on any atom is 0.259 e. The SMILES string of the molecule is Cc1onc(-c2ccncn2)c1C(=O)N1CC2CN(C(=O)[C@H]3CCCCN3C)CC(C1)O2. The van der Waals surface area contributed by atoms with Gasteiger partial charge in [0.2, 0.25) is 5.91 Å². The van der Waals surface area contributed by atoms with Crippen LogP contribution >= 0.6 is 0 Å². The first-order valence-corrected chi connectivity index (χ1v) is 11.2. The molecule has 170 valence electrons. The van der Waals surface area contributed by atoms with Gasteiger partial charge < -0.3 is 19.1 Å². The summed E-state index contributed by atoms with van der Waals surface area (Å²) in [4.78, 5) is 40.6. The Morgan fingerprint density at radius 3 is 2.53 bits per heavy atom. The smallest absolute Gasteiger partial charge is 0.259 e. The molecule has 0 saturated carbocycles. The van der Waals surface area contributed by atoms with E-state index in [1.807, 2.05) is 11.9 Å². The lowest BCUT2D eigenvalue weighted by atomic mass is 10.00. The third kappa shape index (κ3) is 3.88. The number of hydrogen-bond donors (Lipinski definition) is 0. The van der Waals surface area contributed by atoms with E-state index in [0.717, 1.165) is 25.8 Å². The molecule has 2 unspecified atom stereocenters. The fourth-order valence-electron chi connectivity index (χ4n) is 5.02. The molecule has 3 saturated heterocycles. The van der Waals surface area contributed by atoms with Crippen molar-refractivity contribution in [1.82, 2.24) is 29.8 Å². The van der Waals surface area contributed by atoms with E-state index in [1.165, 1.54) is 6.33 Å². The average Bonchev–Trinajstić information content (AvgIpc) is 3.19. The first-order valence-electron chi connectivity index (χ1n) is 11.2. The number of nitrogens with zero attached hydrogens (tertiary/aromatic N) is 6. The van der Waals surface area contributed by atoms with Gasteiger partial charge in [0, 0.05) is 32.4 Å². The maximum absolute atomic E-state index is 13.5. The zero-order chi connectivity index (χ0) is 22.2. The molecule has 0 radical (unpaired) electrons. The Bertz CT molecular complexity index is 982. The van der Waals surface area contributed by atoms with Crippen LogP contribution in [0.25, 0.3) is 11.4 Å². The molecule has 3 aliphatic heterocycles. The van der Waals surface area contributed by atoms with Crippen LogP contribution in [0.1, 0.15) is 35.4 Å². The third-order valence-corrected chi connectivity index (χ3v) is 6.64.